The summed E-state index contributed by atoms with van der Waals surface area (Å²) in [7, 11) is 2.06. The van der Waals surface area contributed by atoms with Gasteiger partial charge < -0.3 is 20.2 Å². The summed E-state index contributed by atoms with van der Waals surface area (Å²) in [4.78, 5) is 48.2. The van der Waals surface area contributed by atoms with Gasteiger partial charge in [-0.3, -0.25) is 14.6 Å². The van der Waals surface area contributed by atoms with Crippen LogP contribution in [0, 0.1) is 0 Å². The molecule has 2 N–H and O–H groups in total. The maximum atomic E-state index is 13.3. The number of carbonyl (C=O) groups excluding carboxylic acids is 2. The number of nitrogens with zero attached hydrogens (tertiary/aromatic N) is 4. The number of alkyl halides is 3. The molecule has 2 amide bonds. The van der Waals surface area contributed by atoms with Gasteiger partial charge in [-0.2, -0.15) is 13.2 Å². The highest BCUT2D eigenvalue weighted by Crippen LogP contribution is 2.36. The monoisotopic (exact) mass is 639 g/mol. The summed E-state index contributed by atoms with van der Waals surface area (Å²) in [6.07, 6.45) is -1.65. The summed E-state index contributed by atoms with van der Waals surface area (Å²) < 4.78 is 31.7. The molecule has 3 heterocycles. The Bertz CT molecular complexity index is 1590. The Hall–Kier alpha value is -3.65. The van der Waals surface area contributed by atoms with Gasteiger partial charge in [0.2, 0.25) is 0 Å². The van der Waals surface area contributed by atoms with Gasteiger partial charge in [0.1, 0.15) is 5.69 Å². The van der Waals surface area contributed by atoms with Crippen LogP contribution in [-0.2, 0) is 9.59 Å². The molecule has 2 aliphatic rings. The third-order valence-corrected chi connectivity index (χ3v) is 7.65. The van der Waals surface area contributed by atoms with E-state index < -0.39 is 12.1 Å². The van der Waals surface area contributed by atoms with Crippen molar-refractivity contribution in [3.8, 4) is 0 Å². The largest absolute Gasteiger partial charge is 0.490 e. The number of carboxylic acids is 1. The Morgan fingerprint density at radius 3 is 2.36 bits per heavy atom. The molecular formula is C27H22Cl2F3N5O4S. The summed E-state index contributed by atoms with van der Waals surface area (Å²) in [5, 5.41) is 11.8. The van der Waals surface area contributed by atoms with Gasteiger partial charge >= 0.3 is 12.1 Å². The first-order chi connectivity index (χ1) is 19.8. The van der Waals surface area contributed by atoms with Crippen LogP contribution in [-0.4, -0.2) is 82.2 Å². The number of para-hydroxylation sites is 1. The molecule has 220 valence electrons. The van der Waals surface area contributed by atoms with Gasteiger partial charge in [0.25, 0.3) is 11.8 Å². The third kappa shape index (κ3) is 7.59. The fraction of sp³-hybridized carbons (Fsp3) is 0.222. The first-order valence-electron chi connectivity index (χ1n) is 12.2. The van der Waals surface area contributed by atoms with E-state index in [1.807, 2.05) is 23.1 Å². The highest BCUT2D eigenvalue weighted by Gasteiger charge is 2.38. The van der Waals surface area contributed by atoms with Crippen LogP contribution in [0.2, 0.25) is 10.0 Å². The lowest BCUT2D eigenvalue weighted by molar-refractivity contribution is -0.192. The summed E-state index contributed by atoms with van der Waals surface area (Å²) >= 11 is 13.6. The number of aliphatic carboxylic acids is 1. The molecule has 2 aromatic carbocycles. The number of carboxylic acid groups (broad SMARTS) is 1. The van der Waals surface area contributed by atoms with Crippen molar-refractivity contribution in [3.05, 3.63) is 74.7 Å². The lowest BCUT2D eigenvalue weighted by Crippen LogP contribution is -2.47. The Labute approximate surface area is 252 Å². The second-order valence-corrected chi connectivity index (χ2v) is 10.9. The van der Waals surface area contributed by atoms with E-state index >= 15 is 0 Å². The highest BCUT2D eigenvalue weighted by molar-refractivity contribution is 8.18. The highest BCUT2D eigenvalue weighted by atomic mass is 35.5. The summed E-state index contributed by atoms with van der Waals surface area (Å²) in [6, 6.07) is 12.5. The van der Waals surface area contributed by atoms with E-state index in [1.54, 1.807) is 36.5 Å². The quantitative estimate of drug-likeness (QED) is 0.366. The predicted octanol–water partition coefficient (Wildman–Crippen LogP) is 5.45. The van der Waals surface area contributed by atoms with Gasteiger partial charge in [-0.05, 0) is 60.8 Å². The second-order valence-electron chi connectivity index (χ2n) is 9.09. The first kappa shape index (κ1) is 31.3. The van der Waals surface area contributed by atoms with Gasteiger partial charge in [0.05, 0.1) is 26.0 Å². The number of fused-ring (bicyclic) bond motifs is 1. The number of benzene rings is 2. The van der Waals surface area contributed by atoms with E-state index in [9.17, 15) is 22.8 Å². The second kappa shape index (κ2) is 13.1. The van der Waals surface area contributed by atoms with Crippen molar-refractivity contribution >= 4 is 80.6 Å². The number of hydrogen-bond acceptors (Lipinski definition) is 7. The maximum absolute atomic E-state index is 13.3. The molecule has 5 rings (SSSR count). The molecule has 0 bridgehead atoms. The molecule has 0 saturated carbocycles. The number of rotatable bonds is 3. The number of halogens is 5. The van der Waals surface area contributed by atoms with Gasteiger partial charge in [-0.1, -0.05) is 35.3 Å². The van der Waals surface area contributed by atoms with Gasteiger partial charge in [0.15, 0.2) is 5.17 Å². The van der Waals surface area contributed by atoms with Crippen molar-refractivity contribution in [2.75, 3.05) is 33.2 Å². The topological polar surface area (TPSA) is 115 Å². The van der Waals surface area contributed by atoms with E-state index in [0.717, 1.165) is 29.6 Å². The minimum absolute atomic E-state index is 0.00525. The van der Waals surface area contributed by atoms with Crippen LogP contribution in [0.4, 0.5) is 18.9 Å². The van der Waals surface area contributed by atoms with Crippen molar-refractivity contribution in [1.82, 2.24) is 20.1 Å². The van der Waals surface area contributed by atoms with Crippen LogP contribution in [0.15, 0.2) is 58.6 Å². The molecule has 15 heteroatoms. The molecule has 2 fully saturated rings. The van der Waals surface area contributed by atoms with Crippen LogP contribution in [0.3, 0.4) is 0 Å². The summed E-state index contributed by atoms with van der Waals surface area (Å²) in [6.45, 7) is 3.08. The molecule has 3 aromatic rings. The van der Waals surface area contributed by atoms with Crippen LogP contribution in [0.1, 0.15) is 15.9 Å². The zero-order valence-electron chi connectivity index (χ0n) is 21.8. The third-order valence-electron chi connectivity index (χ3n) is 6.13. The molecule has 42 heavy (non-hydrogen) atoms. The number of hydrogen-bond donors (Lipinski definition) is 2. The van der Waals surface area contributed by atoms with Crippen molar-refractivity contribution < 1.29 is 32.7 Å². The first-order valence-corrected chi connectivity index (χ1v) is 13.8. The van der Waals surface area contributed by atoms with Crippen LogP contribution < -0.4 is 5.32 Å². The lowest BCUT2D eigenvalue weighted by Gasteiger charge is -2.32. The van der Waals surface area contributed by atoms with Crippen LogP contribution in [0.25, 0.3) is 17.0 Å². The van der Waals surface area contributed by atoms with Crippen molar-refractivity contribution in [2.24, 2.45) is 4.99 Å². The van der Waals surface area contributed by atoms with Gasteiger partial charge in [0, 0.05) is 37.8 Å². The van der Waals surface area contributed by atoms with E-state index in [2.05, 4.69) is 27.2 Å². The Morgan fingerprint density at radius 1 is 1.10 bits per heavy atom. The number of amides is 2. The number of nitrogens with one attached hydrogen (secondary N) is 1. The molecule has 9 nitrogen and oxygen atoms in total. The molecular weight excluding hydrogens is 618 g/mol. The van der Waals surface area contributed by atoms with Crippen molar-refractivity contribution in [1.29, 1.82) is 0 Å². The number of piperazine rings is 1. The molecule has 1 aromatic heterocycles. The molecule has 2 aliphatic heterocycles. The normalized spacial score (nSPS) is 17.8. The Morgan fingerprint density at radius 2 is 1.74 bits per heavy atom. The molecule has 0 atom stereocenters. The fourth-order valence-corrected chi connectivity index (χ4v) is 5.26. The fourth-order valence-electron chi connectivity index (χ4n) is 3.95. The number of amidine groups is 1. The minimum atomic E-state index is -5.08. The molecule has 2 saturated heterocycles. The van der Waals surface area contributed by atoms with Crippen molar-refractivity contribution in [2.45, 2.75) is 6.18 Å². The van der Waals surface area contributed by atoms with E-state index in [1.165, 1.54) is 11.8 Å². The van der Waals surface area contributed by atoms with E-state index in [-0.39, 0.29) is 11.8 Å². The standard InChI is InChI=1S/C25H21Cl2N5O2S.C2HF3O2/c1-31-9-11-32(12-10-31)24(34)16-7-8-28-20-6-5-15(13-17(16)20)14-21-23(33)30-25(35-21)29-22-18(26)3-2-4-19(22)27;3-2(4,5)1(6)7/h2-8,13-14H,9-12H2,1H3,(H,29,30,33);(H,6,7)/b21-14+;. The summed E-state index contributed by atoms with van der Waals surface area (Å²) in [5.74, 6) is -3.03. The molecule has 0 radical (unpaired) electrons. The van der Waals surface area contributed by atoms with Gasteiger partial charge in [-0.15, -0.1) is 0 Å². The number of likely N-dealkylation sites (N-methyl/N-ethyl adjacent to an activating group) is 1. The minimum Gasteiger partial charge on any atom is -0.475 e. The van der Waals surface area contributed by atoms with Crippen molar-refractivity contribution in [3.63, 3.8) is 0 Å². The number of carbonyl (C=O) groups is 3. The van der Waals surface area contributed by atoms with E-state index in [4.69, 9.17) is 33.1 Å². The Kier molecular flexibility index (Phi) is 9.77. The average Bonchev–Trinajstić information content (AvgIpc) is 3.28. The van der Waals surface area contributed by atoms with Gasteiger partial charge in [-0.25, -0.2) is 9.79 Å². The van der Waals surface area contributed by atoms with E-state index in [0.29, 0.717) is 44.5 Å². The average molecular weight is 640 g/mol. The molecule has 0 spiro atoms. The smallest absolute Gasteiger partial charge is 0.475 e. The number of aliphatic imine (C=N–C) groups is 1. The number of aromatic nitrogens is 1. The number of pyridine rings is 1. The SMILES string of the molecule is CN1CCN(C(=O)c2ccnc3ccc(/C=C4/SC(=Nc5c(Cl)cccc5Cl)NC4=O)cc23)CC1.O=C(O)C(F)(F)F. The summed E-state index contributed by atoms with van der Waals surface area (Å²) in [5.41, 5.74) is 2.53. The lowest BCUT2D eigenvalue weighted by atomic mass is 10.0. The number of thioether (sulfide) groups is 1. The molecule has 0 aliphatic carbocycles. The maximum Gasteiger partial charge on any atom is 0.490 e. The predicted molar refractivity (Wildman–Crippen MR) is 156 cm³/mol. The Balaban J connectivity index is 0.000000517. The molecule has 0 unspecified atom stereocenters. The van der Waals surface area contributed by atoms with Crippen LogP contribution in [0.5, 0.6) is 0 Å². The van der Waals surface area contributed by atoms with Crippen LogP contribution >= 0.6 is 35.0 Å². The zero-order valence-corrected chi connectivity index (χ0v) is 24.1. The zero-order chi connectivity index (χ0) is 30.6.